The van der Waals surface area contributed by atoms with E-state index in [1.54, 1.807) is 18.2 Å². The van der Waals surface area contributed by atoms with E-state index in [1.165, 1.54) is 18.9 Å². The summed E-state index contributed by atoms with van der Waals surface area (Å²) in [5.74, 6) is 0.0153. The fraction of sp³-hybridized carbons (Fsp3) is 0.438. The molecule has 2 aliphatic heterocycles. The highest BCUT2D eigenvalue weighted by Crippen LogP contribution is 2.31. The Bertz CT molecular complexity index is 689. The molecule has 0 aliphatic carbocycles. The van der Waals surface area contributed by atoms with Gasteiger partial charge in [0.15, 0.2) is 5.17 Å². The van der Waals surface area contributed by atoms with Gasteiger partial charge in [0.05, 0.1) is 12.8 Å². The Morgan fingerprint density at radius 3 is 2.92 bits per heavy atom. The van der Waals surface area contributed by atoms with Gasteiger partial charge >= 0.3 is 0 Å². The number of amidine groups is 1. The minimum absolute atomic E-state index is 0.0695. The summed E-state index contributed by atoms with van der Waals surface area (Å²) < 4.78 is 5.20. The number of rotatable bonds is 4. The molecular weight excluding hydrogens is 350 g/mol. The van der Waals surface area contributed by atoms with Gasteiger partial charge in [0, 0.05) is 24.5 Å². The van der Waals surface area contributed by atoms with Crippen LogP contribution in [0.1, 0.15) is 19.3 Å². The normalized spacial score (nSPS) is 20.2. The Morgan fingerprint density at radius 2 is 2.21 bits per heavy atom. The first-order chi connectivity index (χ1) is 11.6. The number of aliphatic imine (C=N–C) groups is 1. The topological polar surface area (TPSA) is 71.0 Å². The summed E-state index contributed by atoms with van der Waals surface area (Å²) in [6.45, 7) is 1.86. The van der Waals surface area contributed by atoms with Gasteiger partial charge in [-0.05, 0) is 31.0 Å². The molecule has 0 aromatic heterocycles. The fourth-order valence-corrected chi connectivity index (χ4v) is 3.99. The van der Waals surface area contributed by atoms with E-state index in [4.69, 9.17) is 16.3 Å². The van der Waals surface area contributed by atoms with Crippen LogP contribution < -0.4 is 10.1 Å². The second kappa shape index (κ2) is 7.44. The largest absolute Gasteiger partial charge is 0.495 e. The molecule has 1 saturated heterocycles. The molecule has 1 aromatic carbocycles. The molecule has 128 valence electrons. The Morgan fingerprint density at radius 1 is 1.46 bits per heavy atom. The van der Waals surface area contributed by atoms with E-state index in [1.807, 2.05) is 0 Å². The number of carbonyl (C=O) groups is 2. The molecule has 1 N–H and O–H groups in total. The Balaban J connectivity index is 1.60. The highest BCUT2D eigenvalue weighted by molar-refractivity contribution is 8.15. The van der Waals surface area contributed by atoms with Crippen LogP contribution in [0.5, 0.6) is 5.75 Å². The maximum Gasteiger partial charge on any atom is 0.262 e. The van der Waals surface area contributed by atoms with Crippen LogP contribution in [0, 0.1) is 0 Å². The lowest BCUT2D eigenvalue weighted by Gasteiger charge is -2.16. The lowest BCUT2D eigenvalue weighted by molar-refractivity contribution is -0.121. The second-order valence-electron chi connectivity index (χ2n) is 5.63. The van der Waals surface area contributed by atoms with Crippen molar-refractivity contribution in [2.75, 3.05) is 25.5 Å². The maximum atomic E-state index is 12.3. The van der Waals surface area contributed by atoms with E-state index >= 15 is 0 Å². The molecule has 2 heterocycles. The number of benzene rings is 1. The van der Waals surface area contributed by atoms with E-state index in [0.717, 1.165) is 31.1 Å². The number of likely N-dealkylation sites (tertiary alicyclic amines) is 1. The number of carbonyl (C=O) groups excluding carboxylic acids is 2. The van der Waals surface area contributed by atoms with E-state index in [2.05, 4.69) is 15.2 Å². The molecule has 24 heavy (non-hydrogen) atoms. The molecule has 6 nitrogen and oxygen atoms in total. The number of hydrogen-bond donors (Lipinski definition) is 1. The average molecular weight is 368 g/mol. The van der Waals surface area contributed by atoms with E-state index in [9.17, 15) is 9.59 Å². The summed E-state index contributed by atoms with van der Waals surface area (Å²) in [5.41, 5.74) is 0.492. The van der Waals surface area contributed by atoms with Crippen LogP contribution in [0.3, 0.4) is 0 Å². The van der Waals surface area contributed by atoms with E-state index < -0.39 is 5.25 Å². The molecule has 8 heteroatoms. The lowest BCUT2D eigenvalue weighted by Crippen LogP contribution is -2.25. The highest BCUT2D eigenvalue weighted by atomic mass is 35.5. The summed E-state index contributed by atoms with van der Waals surface area (Å²) in [7, 11) is 1.52. The number of anilines is 1. The zero-order valence-corrected chi connectivity index (χ0v) is 14.8. The number of nitrogens with zero attached hydrogens (tertiary/aromatic N) is 2. The third-order valence-corrected chi connectivity index (χ3v) is 5.36. The van der Waals surface area contributed by atoms with Gasteiger partial charge in [-0.15, -0.1) is 0 Å². The highest BCUT2D eigenvalue weighted by Gasteiger charge is 2.33. The quantitative estimate of drug-likeness (QED) is 0.886. The standard InChI is InChI=1S/C16H18ClN3O3S/c1-23-12-5-4-10(17)8-11(12)18-14(21)9-13-15(22)19-16(24-13)20-6-2-3-7-20/h4-5,8,13H,2-3,6-7,9H2,1H3,(H,18,21)/t13-/m0/s1. The van der Waals surface area contributed by atoms with Crippen LogP contribution in [-0.4, -0.2) is 47.3 Å². The molecule has 0 spiro atoms. The molecule has 3 rings (SSSR count). The van der Waals surface area contributed by atoms with Crippen molar-refractivity contribution in [3.05, 3.63) is 23.2 Å². The molecule has 0 radical (unpaired) electrons. The summed E-state index contributed by atoms with van der Waals surface area (Å²) in [5, 5.41) is 3.53. The van der Waals surface area contributed by atoms with Crippen LogP contribution in [0.15, 0.2) is 23.2 Å². The van der Waals surface area contributed by atoms with Gasteiger partial charge in [0.25, 0.3) is 5.91 Å². The number of thioether (sulfide) groups is 1. The number of halogens is 1. The minimum Gasteiger partial charge on any atom is -0.495 e. The molecule has 1 fully saturated rings. The first kappa shape index (κ1) is 17.1. The van der Waals surface area contributed by atoms with Gasteiger partial charge in [-0.25, -0.2) is 0 Å². The van der Waals surface area contributed by atoms with Gasteiger partial charge in [0.2, 0.25) is 5.91 Å². The third kappa shape index (κ3) is 3.84. The molecule has 2 aliphatic rings. The molecular formula is C16H18ClN3O3S. The van der Waals surface area contributed by atoms with Crippen LogP contribution in [0.25, 0.3) is 0 Å². The van der Waals surface area contributed by atoms with Crippen LogP contribution in [0.4, 0.5) is 5.69 Å². The van der Waals surface area contributed by atoms with Gasteiger partial charge in [-0.1, -0.05) is 23.4 Å². The first-order valence-corrected chi connectivity index (χ1v) is 9.00. The van der Waals surface area contributed by atoms with Gasteiger partial charge in [-0.3, -0.25) is 9.59 Å². The molecule has 1 atom stereocenters. The predicted octanol–water partition coefficient (Wildman–Crippen LogP) is 2.77. The number of methoxy groups -OCH3 is 1. The number of amides is 2. The fourth-order valence-electron chi connectivity index (χ4n) is 2.70. The van der Waals surface area contributed by atoms with Crippen LogP contribution in [-0.2, 0) is 9.59 Å². The summed E-state index contributed by atoms with van der Waals surface area (Å²) in [6, 6.07) is 4.98. The monoisotopic (exact) mass is 367 g/mol. The van der Waals surface area contributed by atoms with Crippen molar-refractivity contribution < 1.29 is 14.3 Å². The molecule has 2 amide bonds. The maximum absolute atomic E-state index is 12.3. The molecule has 1 aromatic rings. The molecule has 0 saturated carbocycles. The Hall–Kier alpha value is -1.73. The van der Waals surface area contributed by atoms with Crippen molar-refractivity contribution in [1.82, 2.24) is 4.90 Å². The second-order valence-corrected chi connectivity index (χ2v) is 7.24. The van der Waals surface area contributed by atoms with Crippen molar-refractivity contribution in [2.24, 2.45) is 4.99 Å². The lowest BCUT2D eigenvalue weighted by atomic mass is 10.2. The SMILES string of the molecule is COc1ccc(Cl)cc1NC(=O)C[C@@H]1SC(N2CCCC2)=NC1=O. The van der Waals surface area contributed by atoms with Crippen LogP contribution >= 0.6 is 23.4 Å². The zero-order valence-electron chi connectivity index (χ0n) is 13.3. The third-order valence-electron chi connectivity index (χ3n) is 3.91. The Kier molecular flexibility index (Phi) is 5.30. The van der Waals surface area contributed by atoms with E-state index in [0.29, 0.717) is 16.5 Å². The van der Waals surface area contributed by atoms with Crippen molar-refractivity contribution >= 4 is 46.0 Å². The first-order valence-electron chi connectivity index (χ1n) is 7.74. The zero-order chi connectivity index (χ0) is 17.1. The number of ether oxygens (including phenoxy) is 1. The number of nitrogens with one attached hydrogen (secondary N) is 1. The average Bonchev–Trinajstić information content (AvgIpc) is 3.18. The van der Waals surface area contributed by atoms with Gasteiger partial charge < -0.3 is 15.0 Å². The predicted molar refractivity (Wildman–Crippen MR) is 95.9 cm³/mol. The van der Waals surface area contributed by atoms with Crippen molar-refractivity contribution in [2.45, 2.75) is 24.5 Å². The molecule has 0 bridgehead atoms. The summed E-state index contributed by atoms with van der Waals surface area (Å²) >= 11 is 7.33. The smallest absolute Gasteiger partial charge is 0.262 e. The van der Waals surface area contributed by atoms with Crippen LogP contribution in [0.2, 0.25) is 5.02 Å². The van der Waals surface area contributed by atoms with E-state index in [-0.39, 0.29) is 18.2 Å². The van der Waals surface area contributed by atoms with Crippen molar-refractivity contribution in [3.8, 4) is 5.75 Å². The van der Waals surface area contributed by atoms with Crippen molar-refractivity contribution in [1.29, 1.82) is 0 Å². The van der Waals surface area contributed by atoms with Crippen molar-refractivity contribution in [3.63, 3.8) is 0 Å². The molecule has 0 unspecified atom stereocenters. The summed E-state index contributed by atoms with van der Waals surface area (Å²) in [4.78, 5) is 30.5. The van der Waals surface area contributed by atoms with Gasteiger partial charge in [-0.2, -0.15) is 4.99 Å². The van der Waals surface area contributed by atoms with Gasteiger partial charge in [0.1, 0.15) is 11.0 Å². The minimum atomic E-state index is -0.467. The Labute approximate surface area is 149 Å². The summed E-state index contributed by atoms with van der Waals surface area (Å²) in [6.07, 6.45) is 2.31. The number of hydrogen-bond acceptors (Lipinski definition) is 5.